The third-order valence-electron chi connectivity index (χ3n) is 1.62. The van der Waals surface area contributed by atoms with Gasteiger partial charge < -0.3 is 4.74 Å². The zero-order chi connectivity index (χ0) is 11.7. The summed E-state index contributed by atoms with van der Waals surface area (Å²) >= 11 is 0. The number of carbonyl (C=O) groups excluding carboxylic acids is 1. The Balaban J connectivity index is 3.16. The van der Waals surface area contributed by atoms with E-state index < -0.39 is 12.8 Å². The van der Waals surface area contributed by atoms with Gasteiger partial charge in [-0.3, -0.25) is 10.2 Å². The first-order valence-electron chi connectivity index (χ1n) is 4.59. The highest BCUT2D eigenvalue weighted by Crippen LogP contribution is 2.14. The maximum Gasteiger partial charge on any atom is 0.411 e. The van der Waals surface area contributed by atoms with Gasteiger partial charge in [0.2, 0.25) is 5.91 Å². The van der Waals surface area contributed by atoms with Crippen LogP contribution in [0.25, 0.3) is 0 Å². The number of ether oxygens (including phenoxy) is 1. The summed E-state index contributed by atoms with van der Waals surface area (Å²) in [5.74, 6) is 4.56. The van der Waals surface area contributed by atoms with Crippen molar-refractivity contribution >= 4 is 5.91 Å². The highest BCUT2D eigenvalue weighted by atomic mass is 19.4. The van der Waals surface area contributed by atoms with E-state index in [2.05, 4.69) is 4.74 Å². The zero-order valence-corrected chi connectivity index (χ0v) is 8.27. The second kappa shape index (κ2) is 7.47. The molecule has 0 saturated heterocycles. The SMILES string of the molecule is NNC(=O)CCCCCOCC(F)(F)F. The van der Waals surface area contributed by atoms with Crippen molar-refractivity contribution in [2.75, 3.05) is 13.2 Å². The van der Waals surface area contributed by atoms with Crippen LogP contribution in [0.3, 0.4) is 0 Å². The normalized spacial score (nSPS) is 11.5. The van der Waals surface area contributed by atoms with Crippen LogP contribution in [0.1, 0.15) is 25.7 Å². The van der Waals surface area contributed by atoms with E-state index >= 15 is 0 Å². The Hall–Kier alpha value is -0.820. The lowest BCUT2D eigenvalue weighted by atomic mass is 10.2. The van der Waals surface area contributed by atoms with Gasteiger partial charge in [0.25, 0.3) is 0 Å². The molecule has 0 aromatic carbocycles. The van der Waals surface area contributed by atoms with Crippen LogP contribution in [-0.2, 0) is 9.53 Å². The third-order valence-corrected chi connectivity index (χ3v) is 1.62. The van der Waals surface area contributed by atoms with Crippen molar-refractivity contribution in [2.45, 2.75) is 31.9 Å². The number of hydrogen-bond acceptors (Lipinski definition) is 3. The largest absolute Gasteiger partial charge is 0.411 e. The topological polar surface area (TPSA) is 64.3 Å². The summed E-state index contributed by atoms with van der Waals surface area (Å²) in [4.78, 5) is 10.6. The van der Waals surface area contributed by atoms with Crippen LogP contribution in [0.15, 0.2) is 0 Å². The molecule has 0 radical (unpaired) electrons. The molecular formula is C8H15F3N2O2. The van der Waals surface area contributed by atoms with E-state index in [0.717, 1.165) is 0 Å². The molecule has 4 nitrogen and oxygen atoms in total. The number of alkyl halides is 3. The van der Waals surface area contributed by atoms with Gasteiger partial charge in [-0.25, -0.2) is 5.84 Å². The van der Waals surface area contributed by atoms with Crippen molar-refractivity contribution in [3.63, 3.8) is 0 Å². The molecule has 0 bridgehead atoms. The van der Waals surface area contributed by atoms with Crippen molar-refractivity contribution in [3.05, 3.63) is 0 Å². The maximum atomic E-state index is 11.6. The fraction of sp³-hybridized carbons (Fsp3) is 0.875. The van der Waals surface area contributed by atoms with Crippen LogP contribution in [0.2, 0.25) is 0 Å². The smallest absolute Gasteiger partial charge is 0.372 e. The first-order valence-corrected chi connectivity index (χ1v) is 4.59. The number of hydrazine groups is 1. The molecule has 0 aliphatic carbocycles. The highest BCUT2D eigenvalue weighted by molar-refractivity contribution is 5.74. The molecule has 0 aliphatic rings. The lowest BCUT2D eigenvalue weighted by molar-refractivity contribution is -0.174. The summed E-state index contributed by atoms with van der Waals surface area (Å²) < 4.78 is 39.2. The molecule has 0 aromatic rings. The van der Waals surface area contributed by atoms with E-state index in [1.54, 1.807) is 0 Å². The average molecular weight is 228 g/mol. The molecule has 0 atom stereocenters. The summed E-state index contributed by atoms with van der Waals surface area (Å²) in [5.41, 5.74) is 1.97. The number of nitrogens with two attached hydrogens (primary N) is 1. The summed E-state index contributed by atoms with van der Waals surface area (Å²) in [6, 6.07) is 0. The predicted octanol–water partition coefficient (Wildman–Crippen LogP) is 1.12. The number of carbonyl (C=O) groups is 1. The summed E-state index contributed by atoms with van der Waals surface area (Å²) in [5, 5.41) is 0. The molecule has 0 fully saturated rings. The van der Waals surface area contributed by atoms with Crippen LogP contribution >= 0.6 is 0 Å². The van der Waals surface area contributed by atoms with E-state index in [4.69, 9.17) is 5.84 Å². The molecule has 0 aliphatic heterocycles. The highest BCUT2D eigenvalue weighted by Gasteiger charge is 2.27. The number of halogens is 3. The maximum absolute atomic E-state index is 11.6. The van der Waals surface area contributed by atoms with Gasteiger partial charge in [-0.05, 0) is 12.8 Å². The molecule has 1 amide bonds. The minimum absolute atomic E-state index is 0.0593. The molecule has 0 aromatic heterocycles. The van der Waals surface area contributed by atoms with Crippen LogP contribution in [-0.4, -0.2) is 25.3 Å². The van der Waals surface area contributed by atoms with Crippen molar-refractivity contribution in [3.8, 4) is 0 Å². The summed E-state index contributed by atoms with van der Waals surface area (Å²) in [7, 11) is 0. The van der Waals surface area contributed by atoms with Gasteiger partial charge in [0.1, 0.15) is 6.61 Å². The Morgan fingerprint density at radius 3 is 2.47 bits per heavy atom. The lowest BCUT2D eigenvalue weighted by Gasteiger charge is -2.06. The number of amides is 1. The average Bonchev–Trinajstić information content (AvgIpc) is 2.14. The summed E-state index contributed by atoms with van der Waals surface area (Å²) in [6.45, 7) is -1.15. The number of unbranched alkanes of at least 4 members (excludes halogenated alkanes) is 2. The Morgan fingerprint density at radius 2 is 1.93 bits per heavy atom. The first-order chi connectivity index (χ1) is 6.95. The van der Waals surface area contributed by atoms with Crippen LogP contribution in [0.4, 0.5) is 13.2 Å². The van der Waals surface area contributed by atoms with Gasteiger partial charge in [-0.1, -0.05) is 6.42 Å². The monoisotopic (exact) mass is 228 g/mol. The number of hydrogen-bond donors (Lipinski definition) is 2. The molecule has 3 N–H and O–H groups in total. The standard InChI is InChI=1S/C8H15F3N2O2/c9-8(10,11)6-15-5-3-1-2-4-7(14)13-12/h1-6,12H2,(H,13,14). The van der Waals surface area contributed by atoms with Gasteiger partial charge in [0, 0.05) is 13.0 Å². The molecule has 90 valence electrons. The Bertz CT molecular complexity index is 185. The first kappa shape index (κ1) is 14.2. The zero-order valence-electron chi connectivity index (χ0n) is 8.27. The Labute approximate surface area is 85.9 Å². The predicted molar refractivity (Wildman–Crippen MR) is 47.7 cm³/mol. The van der Waals surface area contributed by atoms with Gasteiger partial charge in [-0.2, -0.15) is 13.2 Å². The Kier molecular flexibility index (Phi) is 7.06. The molecule has 7 heteroatoms. The van der Waals surface area contributed by atoms with Crippen LogP contribution in [0, 0.1) is 0 Å². The molecule has 0 unspecified atom stereocenters. The van der Waals surface area contributed by atoms with E-state index in [1.165, 1.54) is 0 Å². The molecule has 15 heavy (non-hydrogen) atoms. The third kappa shape index (κ3) is 11.1. The minimum atomic E-state index is -4.26. The minimum Gasteiger partial charge on any atom is -0.372 e. The van der Waals surface area contributed by atoms with Gasteiger partial charge in [-0.15, -0.1) is 0 Å². The van der Waals surface area contributed by atoms with E-state index in [0.29, 0.717) is 19.3 Å². The Morgan fingerprint density at radius 1 is 1.27 bits per heavy atom. The molecule has 0 spiro atoms. The molecular weight excluding hydrogens is 213 g/mol. The van der Waals surface area contributed by atoms with E-state index in [9.17, 15) is 18.0 Å². The van der Waals surface area contributed by atoms with Crippen LogP contribution < -0.4 is 11.3 Å². The quantitative estimate of drug-likeness (QED) is 0.297. The number of rotatable bonds is 7. The van der Waals surface area contributed by atoms with Crippen molar-refractivity contribution in [1.29, 1.82) is 0 Å². The fourth-order valence-electron chi connectivity index (χ4n) is 0.927. The van der Waals surface area contributed by atoms with Crippen molar-refractivity contribution < 1.29 is 22.7 Å². The fourth-order valence-corrected chi connectivity index (χ4v) is 0.927. The van der Waals surface area contributed by atoms with Gasteiger partial charge in [0.15, 0.2) is 0 Å². The summed E-state index contributed by atoms with van der Waals surface area (Å²) in [6.07, 6.45) is -2.23. The van der Waals surface area contributed by atoms with Gasteiger partial charge >= 0.3 is 6.18 Å². The van der Waals surface area contributed by atoms with E-state index in [1.807, 2.05) is 5.43 Å². The van der Waals surface area contributed by atoms with Crippen LogP contribution in [0.5, 0.6) is 0 Å². The molecule has 0 saturated carbocycles. The number of nitrogens with one attached hydrogen (secondary N) is 1. The van der Waals surface area contributed by atoms with Crippen molar-refractivity contribution in [1.82, 2.24) is 5.43 Å². The molecule has 0 heterocycles. The second-order valence-electron chi connectivity index (χ2n) is 3.05. The molecule has 0 rings (SSSR count). The van der Waals surface area contributed by atoms with Gasteiger partial charge in [0.05, 0.1) is 0 Å². The van der Waals surface area contributed by atoms with Crippen molar-refractivity contribution in [2.24, 2.45) is 5.84 Å². The second-order valence-corrected chi connectivity index (χ2v) is 3.05. The van der Waals surface area contributed by atoms with E-state index in [-0.39, 0.29) is 18.9 Å². The lowest BCUT2D eigenvalue weighted by Crippen LogP contribution is -2.29.